The zero-order valence-corrected chi connectivity index (χ0v) is 11.3. The van der Waals surface area contributed by atoms with Gasteiger partial charge in [-0.05, 0) is 17.0 Å². The summed E-state index contributed by atoms with van der Waals surface area (Å²) in [5.41, 5.74) is 2.14. The highest BCUT2D eigenvalue weighted by molar-refractivity contribution is 5.87. The molecule has 1 saturated heterocycles. The van der Waals surface area contributed by atoms with E-state index in [1.807, 2.05) is 0 Å². The molecule has 116 valence electrons. The van der Waals surface area contributed by atoms with E-state index in [1.54, 1.807) is 0 Å². The molecule has 1 fully saturated rings. The number of carbonyl (C=O) groups is 1. The number of hydrogen-bond donors (Lipinski definition) is 1. The van der Waals surface area contributed by atoms with Gasteiger partial charge in [0.25, 0.3) is 0 Å². The number of halogens is 4. The van der Waals surface area contributed by atoms with Gasteiger partial charge in [0.05, 0.1) is 0 Å². The van der Waals surface area contributed by atoms with Crippen molar-refractivity contribution in [3.63, 3.8) is 0 Å². The van der Waals surface area contributed by atoms with E-state index in [-0.39, 0.29) is 29.3 Å². The van der Waals surface area contributed by atoms with Crippen LogP contribution in [0.5, 0.6) is 0 Å². The van der Waals surface area contributed by atoms with Gasteiger partial charge in [-0.15, -0.1) is 0 Å². The molecule has 1 amide bonds. The number of nitrogens with one attached hydrogen (secondary N) is 1. The smallest absolute Gasteiger partial charge is 0.288 e. The van der Waals surface area contributed by atoms with Crippen LogP contribution in [0.4, 0.5) is 17.6 Å². The Labute approximate surface area is 123 Å². The minimum Gasteiger partial charge on any atom is -0.288 e. The monoisotopic (exact) mass is 312 g/mol. The zero-order valence-electron chi connectivity index (χ0n) is 11.3. The van der Waals surface area contributed by atoms with Crippen molar-refractivity contribution in [1.29, 1.82) is 0 Å². The fourth-order valence-corrected chi connectivity index (χ4v) is 2.74. The fourth-order valence-electron chi connectivity index (χ4n) is 2.74. The Morgan fingerprint density at radius 1 is 1.09 bits per heavy atom. The van der Waals surface area contributed by atoms with Gasteiger partial charge in [0, 0.05) is 18.4 Å². The first-order valence-corrected chi connectivity index (χ1v) is 6.68. The topological polar surface area (TPSA) is 32.3 Å². The Kier molecular flexibility index (Phi) is 3.52. The van der Waals surface area contributed by atoms with Crippen molar-refractivity contribution in [2.75, 3.05) is 6.54 Å². The third-order valence-corrected chi connectivity index (χ3v) is 3.67. The van der Waals surface area contributed by atoms with Crippen LogP contribution in [0.3, 0.4) is 0 Å². The summed E-state index contributed by atoms with van der Waals surface area (Å²) in [4.78, 5) is 11.3. The van der Waals surface area contributed by atoms with Crippen LogP contribution >= 0.6 is 0 Å². The highest BCUT2D eigenvalue weighted by Crippen LogP contribution is 2.40. The summed E-state index contributed by atoms with van der Waals surface area (Å²) < 4.78 is 54.4. The minimum absolute atomic E-state index is 0.00566. The van der Waals surface area contributed by atoms with Crippen molar-refractivity contribution >= 4 is 16.7 Å². The zero-order chi connectivity index (χ0) is 15.9. The molecule has 0 unspecified atom stereocenters. The third kappa shape index (κ3) is 2.52. The molecule has 22 heavy (non-hydrogen) atoms. The van der Waals surface area contributed by atoms with E-state index in [1.165, 1.54) is 36.4 Å². The Morgan fingerprint density at radius 2 is 1.77 bits per heavy atom. The molecule has 3 nitrogen and oxygen atoms in total. The van der Waals surface area contributed by atoms with Crippen molar-refractivity contribution in [2.45, 2.75) is 18.6 Å². The van der Waals surface area contributed by atoms with E-state index in [2.05, 4.69) is 5.43 Å². The van der Waals surface area contributed by atoms with E-state index < -0.39 is 23.9 Å². The Balaban J connectivity index is 2.17. The second kappa shape index (κ2) is 5.24. The van der Waals surface area contributed by atoms with Crippen molar-refractivity contribution < 1.29 is 22.4 Å². The third-order valence-electron chi connectivity index (χ3n) is 3.67. The number of carbonyl (C=O) groups excluding carboxylic acids is 1. The Morgan fingerprint density at radius 3 is 2.41 bits per heavy atom. The maximum absolute atomic E-state index is 13.8. The molecule has 0 saturated carbocycles. The molecule has 3 rings (SSSR count). The molecule has 1 aliphatic rings. The van der Waals surface area contributed by atoms with Gasteiger partial charge in [-0.3, -0.25) is 10.2 Å². The van der Waals surface area contributed by atoms with Crippen molar-refractivity contribution in [1.82, 2.24) is 10.4 Å². The predicted octanol–water partition coefficient (Wildman–Crippen LogP) is 3.32. The predicted molar refractivity (Wildman–Crippen MR) is 72.2 cm³/mol. The highest BCUT2D eigenvalue weighted by Gasteiger charge is 2.47. The summed E-state index contributed by atoms with van der Waals surface area (Å²) in [6.45, 7) is -0.0469. The SMILES string of the molecule is O=C1CCN([C@@H](c2cccc3c(F)cccc23)C(F)(F)F)N1. The number of amides is 1. The molecular formula is C15H12F4N2O. The van der Waals surface area contributed by atoms with Crippen molar-refractivity contribution in [2.24, 2.45) is 0 Å². The normalized spacial score (nSPS) is 17.7. The van der Waals surface area contributed by atoms with Crippen LogP contribution in [0.2, 0.25) is 0 Å². The molecule has 1 heterocycles. The number of alkyl halides is 3. The summed E-state index contributed by atoms with van der Waals surface area (Å²) in [5.74, 6) is -1.04. The first-order chi connectivity index (χ1) is 10.4. The quantitative estimate of drug-likeness (QED) is 0.863. The van der Waals surface area contributed by atoms with Crippen LogP contribution < -0.4 is 5.43 Å². The lowest BCUT2D eigenvalue weighted by Gasteiger charge is -2.30. The average molecular weight is 312 g/mol. The lowest BCUT2D eigenvalue weighted by Crippen LogP contribution is -2.43. The first-order valence-electron chi connectivity index (χ1n) is 6.68. The van der Waals surface area contributed by atoms with E-state index in [0.29, 0.717) is 0 Å². The van der Waals surface area contributed by atoms with Crippen LogP contribution in [0.1, 0.15) is 18.0 Å². The van der Waals surface area contributed by atoms with E-state index >= 15 is 0 Å². The van der Waals surface area contributed by atoms with Gasteiger partial charge in [0.15, 0.2) is 6.04 Å². The number of hydrogen-bond acceptors (Lipinski definition) is 2. The number of benzene rings is 2. The summed E-state index contributed by atoms with van der Waals surface area (Å²) in [5, 5.41) is 1.17. The first kappa shape index (κ1) is 14.8. The fraction of sp³-hybridized carbons (Fsp3) is 0.267. The highest BCUT2D eigenvalue weighted by atomic mass is 19.4. The van der Waals surface area contributed by atoms with Gasteiger partial charge in [0.2, 0.25) is 5.91 Å². The summed E-state index contributed by atoms with van der Waals surface area (Å²) in [6.07, 6.45) is -4.59. The summed E-state index contributed by atoms with van der Waals surface area (Å²) in [7, 11) is 0. The molecule has 7 heteroatoms. The number of rotatable bonds is 2. The molecule has 0 radical (unpaired) electrons. The Bertz CT molecular complexity index is 729. The van der Waals surface area contributed by atoms with Crippen LogP contribution in [-0.4, -0.2) is 23.6 Å². The summed E-state index contributed by atoms with van der Waals surface area (Å²) in [6, 6.07) is 6.14. The van der Waals surface area contributed by atoms with E-state index in [4.69, 9.17) is 0 Å². The number of fused-ring (bicyclic) bond motifs is 1. The van der Waals surface area contributed by atoms with Gasteiger partial charge in [-0.1, -0.05) is 30.3 Å². The molecule has 0 spiro atoms. The van der Waals surface area contributed by atoms with Crippen LogP contribution in [0.15, 0.2) is 36.4 Å². The molecule has 0 bridgehead atoms. The maximum atomic E-state index is 13.8. The van der Waals surface area contributed by atoms with Gasteiger partial charge >= 0.3 is 6.18 Å². The minimum atomic E-state index is -4.60. The van der Waals surface area contributed by atoms with Crippen LogP contribution in [0, 0.1) is 5.82 Å². The molecule has 1 N–H and O–H groups in total. The van der Waals surface area contributed by atoms with Gasteiger partial charge in [-0.2, -0.15) is 13.2 Å². The standard InChI is InChI=1S/C15H12F4N2O/c16-12-6-2-3-9-10(12)4-1-5-11(9)14(15(17,18)19)21-8-7-13(22)20-21/h1-6,14H,7-8H2,(H,20,22)/t14-/m0/s1. The maximum Gasteiger partial charge on any atom is 0.409 e. The molecule has 0 aliphatic carbocycles. The molecule has 2 aromatic rings. The molecule has 2 aromatic carbocycles. The molecule has 0 aromatic heterocycles. The van der Waals surface area contributed by atoms with E-state index in [0.717, 1.165) is 5.01 Å². The number of hydrazine groups is 1. The van der Waals surface area contributed by atoms with E-state index in [9.17, 15) is 22.4 Å². The molecule has 1 atom stereocenters. The second-order valence-electron chi connectivity index (χ2n) is 5.10. The van der Waals surface area contributed by atoms with Crippen molar-refractivity contribution in [3.8, 4) is 0 Å². The van der Waals surface area contributed by atoms with Crippen LogP contribution in [-0.2, 0) is 4.79 Å². The lowest BCUT2D eigenvalue weighted by molar-refractivity contribution is -0.190. The number of nitrogens with zero attached hydrogens (tertiary/aromatic N) is 1. The van der Waals surface area contributed by atoms with Crippen LogP contribution in [0.25, 0.3) is 10.8 Å². The second-order valence-corrected chi connectivity index (χ2v) is 5.10. The van der Waals surface area contributed by atoms with Gasteiger partial charge < -0.3 is 0 Å². The largest absolute Gasteiger partial charge is 0.409 e. The van der Waals surface area contributed by atoms with Crippen molar-refractivity contribution in [3.05, 3.63) is 47.8 Å². The molecular weight excluding hydrogens is 300 g/mol. The van der Waals surface area contributed by atoms with Gasteiger partial charge in [0.1, 0.15) is 5.82 Å². The lowest BCUT2D eigenvalue weighted by atomic mass is 9.97. The van der Waals surface area contributed by atoms with Gasteiger partial charge in [-0.25, -0.2) is 9.40 Å². The Hall–Kier alpha value is -2.15. The molecule has 1 aliphatic heterocycles. The average Bonchev–Trinajstić information content (AvgIpc) is 2.85. The summed E-state index contributed by atoms with van der Waals surface area (Å²) >= 11 is 0.